The standard InChI is InChI=1S/C16H11Cl2N3O3S/c1-9(25-14-8-11(17)4-7-13(14)18)15-19-20-16(24-15)10-2-5-12(6-3-10)21(22)23/h2-9H,1H3/t9-/m0/s1. The van der Waals surface area contributed by atoms with Gasteiger partial charge in [0, 0.05) is 27.6 Å². The fourth-order valence-electron chi connectivity index (χ4n) is 2.05. The van der Waals surface area contributed by atoms with Crippen LogP contribution in [0.4, 0.5) is 5.69 Å². The summed E-state index contributed by atoms with van der Waals surface area (Å²) in [6, 6.07) is 11.2. The van der Waals surface area contributed by atoms with Crippen molar-refractivity contribution >= 4 is 40.7 Å². The van der Waals surface area contributed by atoms with E-state index in [1.807, 2.05) is 6.92 Å². The summed E-state index contributed by atoms with van der Waals surface area (Å²) in [5.41, 5.74) is 0.616. The van der Waals surface area contributed by atoms with Gasteiger partial charge >= 0.3 is 0 Å². The second kappa shape index (κ2) is 7.43. The van der Waals surface area contributed by atoms with Crippen molar-refractivity contribution in [2.75, 3.05) is 0 Å². The highest BCUT2D eigenvalue weighted by Crippen LogP contribution is 2.39. The van der Waals surface area contributed by atoms with E-state index >= 15 is 0 Å². The fraction of sp³-hybridized carbons (Fsp3) is 0.125. The molecule has 0 spiro atoms. The van der Waals surface area contributed by atoms with Crippen LogP contribution in [0.25, 0.3) is 11.5 Å². The first-order valence-corrected chi connectivity index (χ1v) is 8.77. The first kappa shape index (κ1) is 17.7. The number of hydrogen-bond acceptors (Lipinski definition) is 6. The second-order valence-corrected chi connectivity index (χ2v) is 7.31. The van der Waals surface area contributed by atoms with Gasteiger partial charge in [-0.25, -0.2) is 0 Å². The van der Waals surface area contributed by atoms with E-state index in [9.17, 15) is 10.1 Å². The largest absolute Gasteiger partial charge is 0.419 e. The average Bonchev–Trinajstić information content (AvgIpc) is 3.08. The van der Waals surface area contributed by atoms with Crippen molar-refractivity contribution in [2.45, 2.75) is 17.1 Å². The highest BCUT2D eigenvalue weighted by molar-refractivity contribution is 7.99. The van der Waals surface area contributed by atoms with Crippen LogP contribution in [0.5, 0.6) is 0 Å². The number of benzene rings is 2. The van der Waals surface area contributed by atoms with Crippen LogP contribution in [0.3, 0.4) is 0 Å². The first-order valence-electron chi connectivity index (χ1n) is 7.14. The van der Waals surface area contributed by atoms with Crippen molar-refractivity contribution in [2.24, 2.45) is 0 Å². The Labute approximate surface area is 157 Å². The molecule has 3 rings (SSSR count). The lowest BCUT2D eigenvalue weighted by molar-refractivity contribution is -0.384. The number of rotatable bonds is 5. The third-order valence-corrected chi connectivity index (χ3v) is 5.13. The van der Waals surface area contributed by atoms with Gasteiger partial charge in [-0.15, -0.1) is 22.0 Å². The Bertz CT molecular complexity index is 915. The monoisotopic (exact) mass is 395 g/mol. The molecule has 128 valence electrons. The van der Waals surface area contributed by atoms with Gasteiger partial charge in [-0.3, -0.25) is 10.1 Å². The lowest BCUT2D eigenvalue weighted by Gasteiger charge is -2.08. The molecule has 9 heteroatoms. The average molecular weight is 396 g/mol. The molecule has 2 aromatic carbocycles. The number of thioether (sulfide) groups is 1. The maximum Gasteiger partial charge on any atom is 0.269 e. The van der Waals surface area contributed by atoms with E-state index in [-0.39, 0.29) is 10.9 Å². The second-order valence-electron chi connectivity index (χ2n) is 5.08. The van der Waals surface area contributed by atoms with Crippen molar-refractivity contribution in [3.8, 4) is 11.5 Å². The lowest BCUT2D eigenvalue weighted by atomic mass is 10.2. The molecule has 0 aliphatic rings. The minimum absolute atomic E-state index is 0.00279. The summed E-state index contributed by atoms with van der Waals surface area (Å²) in [5, 5.41) is 19.8. The first-order chi connectivity index (χ1) is 11.9. The Hall–Kier alpha value is -2.09. The molecule has 0 amide bonds. The minimum Gasteiger partial charge on any atom is -0.419 e. The number of nitro benzene ring substituents is 1. The van der Waals surface area contributed by atoms with Gasteiger partial charge in [0.05, 0.1) is 15.2 Å². The highest BCUT2D eigenvalue weighted by atomic mass is 35.5. The third-order valence-electron chi connectivity index (χ3n) is 3.31. The number of non-ortho nitro benzene ring substituents is 1. The predicted octanol–water partition coefficient (Wildman–Crippen LogP) is 5.80. The Kier molecular flexibility index (Phi) is 5.27. The van der Waals surface area contributed by atoms with Crippen molar-refractivity contribution in [1.82, 2.24) is 10.2 Å². The quantitative estimate of drug-likeness (QED) is 0.308. The van der Waals surface area contributed by atoms with E-state index in [0.717, 1.165) is 4.90 Å². The summed E-state index contributed by atoms with van der Waals surface area (Å²) in [6.07, 6.45) is 0. The fourth-order valence-corrected chi connectivity index (χ4v) is 3.49. The van der Waals surface area contributed by atoms with Crippen LogP contribution in [-0.4, -0.2) is 15.1 Å². The van der Waals surface area contributed by atoms with Gasteiger partial charge in [-0.05, 0) is 37.3 Å². The van der Waals surface area contributed by atoms with E-state index in [1.54, 1.807) is 30.3 Å². The summed E-state index contributed by atoms with van der Waals surface area (Å²) in [6.45, 7) is 1.91. The number of nitrogens with zero attached hydrogens (tertiary/aromatic N) is 3. The maximum atomic E-state index is 10.7. The van der Waals surface area contributed by atoms with Crippen molar-refractivity contribution in [3.63, 3.8) is 0 Å². The minimum atomic E-state index is -0.462. The van der Waals surface area contributed by atoms with Gasteiger partial charge in [0.15, 0.2) is 0 Å². The molecular formula is C16H11Cl2N3O3S. The van der Waals surface area contributed by atoms with Gasteiger partial charge in [0.1, 0.15) is 0 Å². The predicted molar refractivity (Wildman–Crippen MR) is 97.1 cm³/mol. The van der Waals surface area contributed by atoms with Crippen LogP contribution in [0.2, 0.25) is 10.0 Å². The molecule has 0 aliphatic carbocycles. The molecule has 0 bridgehead atoms. The number of hydrogen-bond donors (Lipinski definition) is 0. The van der Waals surface area contributed by atoms with Crippen LogP contribution in [0, 0.1) is 10.1 Å². The Balaban J connectivity index is 1.78. The van der Waals surface area contributed by atoms with E-state index in [1.165, 1.54) is 23.9 Å². The molecule has 0 N–H and O–H groups in total. The molecule has 0 saturated heterocycles. The molecule has 1 aromatic heterocycles. The third kappa shape index (κ3) is 4.12. The molecule has 1 atom stereocenters. The van der Waals surface area contributed by atoms with Crippen LogP contribution >= 0.6 is 35.0 Å². The van der Waals surface area contributed by atoms with Crippen molar-refractivity contribution in [3.05, 3.63) is 68.5 Å². The Morgan fingerprint density at radius 2 is 1.88 bits per heavy atom. The molecule has 3 aromatic rings. The lowest BCUT2D eigenvalue weighted by Crippen LogP contribution is -1.89. The zero-order valence-electron chi connectivity index (χ0n) is 12.8. The molecule has 25 heavy (non-hydrogen) atoms. The van der Waals surface area contributed by atoms with E-state index < -0.39 is 4.92 Å². The summed E-state index contributed by atoms with van der Waals surface area (Å²) in [5.74, 6) is 0.726. The zero-order valence-corrected chi connectivity index (χ0v) is 15.2. The van der Waals surface area contributed by atoms with Gasteiger partial charge in [0.25, 0.3) is 5.69 Å². The maximum absolute atomic E-state index is 10.7. The molecule has 0 fully saturated rings. The van der Waals surface area contributed by atoms with Gasteiger partial charge < -0.3 is 4.42 Å². The molecule has 1 heterocycles. The molecule has 0 saturated carbocycles. The topological polar surface area (TPSA) is 82.1 Å². The number of nitro groups is 1. The molecule has 0 unspecified atom stereocenters. The molecule has 6 nitrogen and oxygen atoms in total. The van der Waals surface area contributed by atoms with Crippen LogP contribution < -0.4 is 0 Å². The van der Waals surface area contributed by atoms with Crippen LogP contribution in [0.1, 0.15) is 18.1 Å². The summed E-state index contributed by atoms with van der Waals surface area (Å²) >= 11 is 13.6. The SMILES string of the molecule is C[C@H](Sc1cc(Cl)ccc1Cl)c1nnc(-c2ccc([N+](=O)[O-])cc2)o1. The molecular weight excluding hydrogens is 385 g/mol. The van der Waals surface area contributed by atoms with E-state index in [4.69, 9.17) is 27.6 Å². The van der Waals surface area contributed by atoms with Crippen molar-refractivity contribution in [1.29, 1.82) is 0 Å². The normalized spacial score (nSPS) is 12.1. The van der Waals surface area contributed by atoms with E-state index in [0.29, 0.717) is 27.4 Å². The number of aromatic nitrogens is 2. The Morgan fingerprint density at radius 3 is 2.56 bits per heavy atom. The smallest absolute Gasteiger partial charge is 0.269 e. The van der Waals surface area contributed by atoms with Gasteiger partial charge in [-0.2, -0.15) is 0 Å². The van der Waals surface area contributed by atoms with Gasteiger partial charge in [0.2, 0.25) is 11.8 Å². The molecule has 0 radical (unpaired) electrons. The highest BCUT2D eigenvalue weighted by Gasteiger charge is 2.18. The Morgan fingerprint density at radius 1 is 1.16 bits per heavy atom. The van der Waals surface area contributed by atoms with Gasteiger partial charge in [-0.1, -0.05) is 23.2 Å². The van der Waals surface area contributed by atoms with Crippen LogP contribution in [-0.2, 0) is 0 Å². The zero-order chi connectivity index (χ0) is 18.0. The molecule has 0 aliphatic heterocycles. The summed E-state index contributed by atoms with van der Waals surface area (Å²) in [7, 11) is 0. The van der Waals surface area contributed by atoms with Crippen LogP contribution in [0.15, 0.2) is 51.8 Å². The summed E-state index contributed by atoms with van der Waals surface area (Å²) in [4.78, 5) is 11.1. The van der Waals surface area contributed by atoms with E-state index in [2.05, 4.69) is 10.2 Å². The summed E-state index contributed by atoms with van der Waals surface area (Å²) < 4.78 is 5.69. The van der Waals surface area contributed by atoms with Crippen molar-refractivity contribution < 1.29 is 9.34 Å². The number of halogens is 2.